The standard InChI is InChI=1S/C24H26FN3O3/c1-4-26-23(31)28-12-24(13-28)9-19(29)22(20(30)10-24)21-14(2)7-16(8-15(21)3)18-6-5-17(25)11-27-18/h5-8,11,22H,4,9-10,12-13H2,1-3H3,(H,26,31). The lowest BCUT2D eigenvalue weighted by atomic mass is 9.63. The van der Waals surface area contributed by atoms with Crippen LogP contribution in [0.5, 0.6) is 0 Å². The second kappa shape index (κ2) is 7.87. The van der Waals surface area contributed by atoms with Crippen molar-refractivity contribution >= 4 is 17.6 Å². The van der Waals surface area contributed by atoms with Crippen molar-refractivity contribution in [2.24, 2.45) is 5.41 Å². The first kappa shape index (κ1) is 21.2. The maximum atomic E-state index is 13.2. The minimum Gasteiger partial charge on any atom is -0.338 e. The molecule has 0 unspecified atom stereocenters. The number of pyridine rings is 1. The maximum Gasteiger partial charge on any atom is 0.317 e. The Morgan fingerprint density at radius 3 is 2.29 bits per heavy atom. The Kier molecular flexibility index (Phi) is 5.37. The van der Waals surface area contributed by atoms with E-state index in [4.69, 9.17) is 0 Å². The molecule has 0 radical (unpaired) electrons. The molecule has 2 aliphatic rings. The van der Waals surface area contributed by atoms with Crippen LogP contribution in [-0.4, -0.2) is 47.1 Å². The van der Waals surface area contributed by atoms with Gasteiger partial charge in [-0.05, 0) is 61.7 Å². The lowest BCUT2D eigenvalue weighted by Gasteiger charge is -2.52. The molecule has 2 heterocycles. The van der Waals surface area contributed by atoms with E-state index in [9.17, 15) is 18.8 Å². The molecular weight excluding hydrogens is 397 g/mol. The van der Waals surface area contributed by atoms with E-state index in [1.165, 1.54) is 12.3 Å². The second-order valence-electron chi connectivity index (χ2n) is 8.80. The van der Waals surface area contributed by atoms with Gasteiger partial charge in [0.15, 0.2) is 0 Å². The minimum atomic E-state index is -0.764. The summed E-state index contributed by atoms with van der Waals surface area (Å²) in [6.45, 7) is 7.06. The van der Waals surface area contributed by atoms with Crippen LogP contribution >= 0.6 is 0 Å². The first-order valence-electron chi connectivity index (χ1n) is 10.5. The normalized spacial score (nSPS) is 18.3. The molecule has 1 N–H and O–H groups in total. The van der Waals surface area contributed by atoms with E-state index in [0.29, 0.717) is 38.2 Å². The Morgan fingerprint density at radius 1 is 1.16 bits per heavy atom. The van der Waals surface area contributed by atoms with E-state index >= 15 is 0 Å². The van der Waals surface area contributed by atoms with E-state index in [-0.39, 0.29) is 17.6 Å². The third-order valence-corrected chi connectivity index (χ3v) is 6.32. The lowest BCUT2D eigenvalue weighted by Crippen LogP contribution is -2.63. The zero-order valence-corrected chi connectivity index (χ0v) is 18.0. The molecule has 1 saturated carbocycles. The second-order valence-corrected chi connectivity index (χ2v) is 8.80. The monoisotopic (exact) mass is 423 g/mol. The van der Waals surface area contributed by atoms with Gasteiger partial charge in [-0.25, -0.2) is 9.18 Å². The quantitative estimate of drug-likeness (QED) is 0.766. The van der Waals surface area contributed by atoms with Crippen molar-refractivity contribution in [2.45, 2.75) is 39.5 Å². The fourth-order valence-electron chi connectivity index (χ4n) is 5.03. The molecule has 1 aliphatic carbocycles. The first-order chi connectivity index (χ1) is 14.7. The average molecular weight is 423 g/mol. The van der Waals surface area contributed by atoms with Crippen molar-refractivity contribution < 1.29 is 18.8 Å². The number of benzene rings is 1. The van der Waals surface area contributed by atoms with Gasteiger partial charge in [-0.2, -0.15) is 0 Å². The number of aromatic nitrogens is 1. The predicted octanol–water partition coefficient (Wildman–Crippen LogP) is 3.55. The molecule has 1 saturated heterocycles. The number of halogens is 1. The zero-order chi connectivity index (χ0) is 22.3. The number of aryl methyl sites for hydroxylation is 2. The van der Waals surface area contributed by atoms with Gasteiger partial charge in [0.2, 0.25) is 0 Å². The summed E-state index contributed by atoms with van der Waals surface area (Å²) in [5.41, 5.74) is 3.50. The van der Waals surface area contributed by atoms with E-state index in [0.717, 1.165) is 22.3 Å². The van der Waals surface area contributed by atoms with Crippen molar-refractivity contribution in [3.05, 3.63) is 53.0 Å². The Hall–Kier alpha value is -3.09. The van der Waals surface area contributed by atoms with E-state index < -0.39 is 17.2 Å². The van der Waals surface area contributed by atoms with Crippen molar-refractivity contribution in [3.8, 4) is 11.3 Å². The van der Waals surface area contributed by atoms with Gasteiger partial charge in [-0.1, -0.05) is 0 Å². The third kappa shape index (κ3) is 3.84. The molecule has 2 fully saturated rings. The van der Waals surface area contributed by atoms with Gasteiger partial charge in [0.05, 0.1) is 11.9 Å². The third-order valence-electron chi connectivity index (χ3n) is 6.32. The van der Waals surface area contributed by atoms with Gasteiger partial charge in [0, 0.05) is 43.5 Å². The number of rotatable bonds is 3. The summed E-state index contributed by atoms with van der Waals surface area (Å²) in [4.78, 5) is 44.0. The highest BCUT2D eigenvalue weighted by molar-refractivity contribution is 6.11. The summed E-state index contributed by atoms with van der Waals surface area (Å²) in [5, 5.41) is 2.75. The van der Waals surface area contributed by atoms with Crippen molar-refractivity contribution in [1.29, 1.82) is 0 Å². The Balaban J connectivity index is 1.55. The fraction of sp³-hybridized carbons (Fsp3) is 0.417. The summed E-state index contributed by atoms with van der Waals surface area (Å²) in [6, 6.07) is 6.62. The van der Waals surface area contributed by atoms with Gasteiger partial charge in [0.1, 0.15) is 23.3 Å². The van der Waals surface area contributed by atoms with E-state index in [2.05, 4.69) is 10.3 Å². The summed E-state index contributed by atoms with van der Waals surface area (Å²) in [7, 11) is 0. The number of carbonyl (C=O) groups excluding carboxylic acids is 3. The highest BCUT2D eigenvalue weighted by Gasteiger charge is 2.53. The van der Waals surface area contributed by atoms with Gasteiger partial charge in [0.25, 0.3) is 0 Å². The van der Waals surface area contributed by atoms with Crippen LogP contribution in [0.15, 0.2) is 30.5 Å². The lowest BCUT2D eigenvalue weighted by molar-refractivity contribution is -0.141. The number of carbonyl (C=O) groups is 3. The van der Waals surface area contributed by atoms with Crippen LogP contribution in [-0.2, 0) is 9.59 Å². The highest BCUT2D eigenvalue weighted by Crippen LogP contribution is 2.46. The average Bonchev–Trinajstić information content (AvgIpc) is 2.68. The molecule has 162 valence electrons. The Labute approximate surface area is 180 Å². The summed E-state index contributed by atoms with van der Waals surface area (Å²) < 4.78 is 13.2. The molecule has 7 heteroatoms. The number of amides is 2. The smallest absolute Gasteiger partial charge is 0.317 e. The molecular formula is C24H26FN3O3. The summed E-state index contributed by atoms with van der Waals surface area (Å²) in [5.74, 6) is -1.32. The van der Waals surface area contributed by atoms with Gasteiger partial charge < -0.3 is 10.2 Å². The zero-order valence-electron chi connectivity index (χ0n) is 18.0. The van der Waals surface area contributed by atoms with E-state index in [1.54, 1.807) is 11.0 Å². The number of urea groups is 1. The highest BCUT2D eigenvalue weighted by atomic mass is 19.1. The van der Waals surface area contributed by atoms with Crippen LogP contribution in [0.2, 0.25) is 0 Å². The molecule has 0 atom stereocenters. The van der Waals surface area contributed by atoms with Crippen LogP contribution in [0.3, 0.4) is 0 Å². The molecule has 31 heavy (non-hydrogen) atoms. The van der Waals surface area contributed by atoms with Gasteiger partial charge in [-0.15, -0.1) is 0 Å². The van der Waals surface area contributed by atoms with Gasteiger partial charge in [-0.3, -0.25) is 14.6 Å². The van der Waals surface area contributed by atoms with Crippen LogP contribution < -0.4 is 5.32 Å². The Bertz CT molecular complexity index is 1020. The summed E-state index contributed by atoms with van der Waals surface area (Å²) >= 11 is 0. The molecule has 2 aromatic rings. The van der Waals surface area contributed by atoms with E-state index in [1.807, 2.05) is 32.9 Å². The fourth-order valence-corrected chi connectivity index (χ4v) is 5.03. The van der Waals surface area contributed by atoms with Crippen LogP contribution in [0.4, 0.5) is 9.18 Å². The van der Waals surface area contributed by atoms with Crippen molar-refractivity contribution in [2.75, 3.05) is 19.6 Å². The predicted molar refractivity (Wildman–Crippen MR) is 114 cm³/mol. The van der Waals surface area contributed by atoms with Crippen molar-refractivity contribution in [3.63, 3.8) is 0 Å². The largest absolute Gasteiger partial charge is 0.338 e. The molecule has 1 aromatic heterocycles. The first-order valence-corrected chi connectivity index (χ1v) is 10.5. The summed E-state index contributed by atoms with van der Waals surface area (Å²) in [6.07, 6.45) is 1.78. The van der Waals surface area contributed by atoms with Crippen LogP contribution in [0.1, 0.15) is 42.4 Å². The molecule has 2 amide bonds. The Morgan fingerprint density at radius 2 is 1.77 bits per heavy atom. The van der Waals surface area contributed by atoms with Crippen molar-refractivity contribution in [1.82, 2.24) is 15.2 Å². The number of Topliss-reactive ketones (excluding diaryl/α,β-unsaturated/α-hetero) is 2. The SMILES string of the molecule is CCNC(=O)N1CC2(CC(=O)C(c3c(C)cc(-c4ccc(F)cn4)cc3C)C(=O)C2)C1. The molecule has 6 nitrogen and oxygen atoms in total. The number of hydrogen-bond acceptors (Lipinski definition) is 4. The molecule has 1 aromatic carbocycles. The van der Waals surface area contributed by atoms with Crippen LogP contribution in [0.25, 0.3) is 11.3 Å². The maximum absolute atomic E-state index is 13.2. The number of likely N-dealkylation sites (tertiary alicyclic amines) is 1. The number of nitrogens with zero attached hydrogens (tertiary/aromatic N) is 2. The molecule has 1 aliphatic heterocycles. The van der Waals surface area contributed by atoms with Crippen LogP contribution in [0, 0.1) is 25.1 Å². The minimum absolute atomic E-state index is 0.0781. The number of nitrogens with one attached hydrogen (secondary N) is 1. The molecule has 0 bridgehead atoms. The van der Waals surface area contributed by atoms with Gasteiger partial charge >= 0.3 is 6.03 Å². The molecule has 1 spiro atoms. The number of hydrogen-bond donors (Lipinski definition) is 1. The molecule has 4 rings (SSSR count). The number of ketones is 2. The topological polar surface area (TPSA) is 79.4 Å².